The van der Waals surface area contributed by atoms with Crippen molar-refractivity contribution in [3.05, 3.63) is 64.0 Å². The molecule has 0 radical (unpaired) electrons. The molecular formula is C20H18N2O6. The Morgan fingerprint density at radius 1 is 1.04 bits per heavy atom. The summed E-state index contributed by atoms with van der Waals surface area (Å²) >= 11 is 0. The van der Waals surface area contributed by atoms with Gasteiger partial charge in [0.1, 0.15) is 17.6 Å². The van der Waals surface area contributed by atoms with E-state index in [1.165, 1.54) is 45.9 Å². The first-order chi connectivity index (χ1) is 13.6. The number of hydrogen-bond donors (Lipinski definition) is 1. The average molecular weight is 382 g/mol. The van der Waals surface area contributed by atoms with Crippen molar-refractivity contribution in [2.75, 3.05) is 21.3 Å². The number of ether oxygens (including phenoxy) is 3. The Morgan fingerprint density at radius 2 is 1.71 bits per heavy atom. The number of hydrogen-bond acceptors (Lipinski definition) is 7. The third kappa shape index (κ3) is 3.66. The molecule has 144 valence electrons. The summed E-state index contributed by atoms with van der Waals surface area (Å²) in [4.78, 5) is 24.9. The summed E-state index contributed by atoms with van der Waals surface area (Å²) in [5.41, 5.74) is 2.99. The van der Waals surface area contributed by atoms with Gasteiger partial charge in [0.2, 0.25) is 5.43 Å². The Hall–Kier alpha value is -3.81. The first kappa shape index (κ1) is 19.0. The van der Waals surface area contributed by atoms with Gasteiger partial charge >= 0.3 is 0 Å². The molecule has 28 heavy (non-hydrogen) atoms. The molecule has 0 spiro atoms. The van der Waals surface area contributed by atoms with Crippen molar-refractivity contribution in [3.63, 3.8) is 0 Å². The molecule has 0 aliphatic heterocycles. The quantitative estimate of drug-likeness (QED) is 0.520. The van der Waals surface area contributed by atoms with Crippen LogP contribution in [0.3, 0.4) is 0 Å². The number of benzene rings is 2. The van der Waals surface area contributed by atoms with E-state index in [-0.39, 0.29) is 22.3 Å². The van der Waals surface area contributed by atoms with Gasteiger partial charge in [0.15, 0.2) is 11.5 Å². The minimum absolute atomic E-state index is 0.197. The fourth-order valence-corrected chi connectivity index (χ4v) is 2.61. The third-order valence-corrected chi connectivity index (χ3v) is 4.03. The SMILES string of the molecule is COc1cc(OC)c(C(=O)N/N=C/c2coc3ccccc3c2=O)cc1OC. The molecule has 3 aromatic rings. The summed E-state index contributed by atoms with van der Waals surface area (Å²) < 4.78 is 21.0. The highest BCUT2D eigenvalue weighted by atomic mass is 16.5. The lowest BCUT2D eigenvalue weighted by Gasteiger charge is -2.12. The van der Waals surface area contributed by atoms with Gasteiger partial charge in [0.25, 0.3) is 5.91 Å². The minimum atomic E-state index is -0.542. The number of hydrazone groups is 1. The molecule has 0 bridgehead atoms. The molecule has 3 rings (SSSR count). The van der Waals surface area contributed by atoms with Crippen LogP contribution < -0.4 is 25.1 Å². The Balaban J connectivity index is 1.84. The van der Waals surface area contributed by atoms with Gasteiger partial charge in [-0.3, -0.25) is 9.59 Å². The standard InChI is InChI=1S/C20H18N2O6/c1-25-16-9-18(27-3)17(26-2)8-14(16)20(24)22-21-10-12-11-28-15-7-5-4-6-13(15)19(12)23/h4-11H,1-3H3,(H,22,24)/b21-10+. The van der Waals surface area contributed by atoms with Gasteiger partial charge in [-0.1, -0.05) is 12.1 Å². The second-order valence-electron chi connectivity index (χ2n) is 5.62. The van der Waals surface area contributed by atoms with Crippen LogP contribution in [0.25, 0.3) is 11.0 Å². The largest absolute Gasteiger partial charge is 0.496 e. The van der Waals surface area contributed by atoms with Crippen molar-refractivity contribution in [3.8, 4) is 17.2 Å². The van der Waals surface area contributed by atoms with Crippen molar-refractivity contribution in [2.45, 2.75) is 0 Å². The predicted molar refractivity (Wildman–Crippen MR) is 104 cm³/mol. The fourth-order valence-electron chi connectivity index (χ4n) is 2.61. The molecule has 2 aromatic carbocycles. The van der Waals surface area contributed by atoms with E-state index in [4.69, 9.17) is 18.6 Å². The summed E-state index contributed by atoms with van der Waals surface area (Å²) in [5, 5.41) is 4.28. The van der Waals surface area contributed by atoms with E-state index in [9.17, 15) is 9.59 Å². The van der Waals surface area contributed by atoms with Crippen molar-refractivity contribution >= 4 is 23.1 Å². The van der Waals surface area contributed by atoms with Crippen LogP contribution in [-0.2, 0) is 0 Å². The Bertz CT molecular complexity index is 1100. The summed E-state index contributed by atoms with van der Waals surface area (Å²) in [5.74, 6) is 0.538. The average Bonchev–Trinajstić information content (AvgIpc) is 2.74. The highest BCUT2D eigenvalue weighted by Gasteiger charge is 2.17. The lowest BCUT2D eigenvalue weighted by atomic mass is 10.1. The Morgan fingerprint density at radius 3 is 2.43 bits per heavy atom. The van der Waals surface area contributed by atoms with Crippen LogP contribution in [0.1, 0.15) is 15.9 Å². The number of nitrogens with zero attached hydrogens (tertiary/aromatic N) is 1. The number of methoxy groups -OCH3 is 3. The van der Waals surface area contributed by atoms with E-state index < -0.39 is 5.91 Å². The van der Waals surface area contributed by atoms with Crippen molar-refractivity contribution in [1.29, 1.82) is 0 Å². The van der Waals surface area contributed by atoms with Crippen LogP contribution in [0, 0.1) is 0 Å². The molecular weight excluding hydrogens is 364 g/mol. The number of carbonyl (C=O) groups excluding carboxylic acids is 1. The molecule has 1 N–H and O–H groups in total. The summed E-state index contributed by atoms with van der Waals surface area (Å²) in [6.45, 7) is 0. The topological polar surface area (TPSA) is 99.4 Å². The van der Waals surface area contributed by atoms with E-state index in [0.717, 1.165) is 0 Å². The van der Waals surface area contributed by atoms with Gasteiger partial charge in [-0.25, -0.2) is 5.43 Å². The van der Waals surface area contributed by atoms with E-state index in [0.29, 0.717) is 22.5 Å². The lowest BCUT2D eigenvalue weighted by molar-refractivity contribution is 0.0951. The monoisotopic (exact) mass is 382 g/mol. The van der Waals surface area contributed by atoms with E-state index in [2.05, 4.69) is 10.5 Å². The molecule has 0 atom stereocenters. The van der Waals surface area contributed by atoms with Gasteiger partial charge < -0.3 is 18.6 Å². The zero-order chi connectivity index (χ0) is 20.1. The minimum Gasteiger partial charge on any atom is -0.496 e. The number of nitrogens with one attached hydrogen (secondary N) is 1. The number of amides is 1. The van der Waals surface area contributed by atoms with E-state index in [1.54, 1.807) is 24.3 Å². The Labute approximate surface area is 160 Å². The first-order valence-electron chi connectivity index (χ1n) is 8.23. The maximum absolute atomic E-state index is 12.5. The highest BCUT2D eigenvalue weighted by Crippen LogP contribution is 2.34. The number of carbonyl (C=O) groups is 1. The van der Waals surface area contributed by atoms with Gasteiger partial charge in [-0.2, -0.15) is 5.10 Å². The van der Waals surface area contributed by atoms with Crippen LogP contribution in [0.15, 0.2) is 57.0 Å². The van der Waals surface area contributed by atoms with Crippen molar-refractivity contribution in [1.82, 2.24) is 5.43 Å². The number of rotatable bonds is 6. The van der Waals surface area contributed by atoms with Gasteiger partial charge in [0, 0.05) is 12.1 Å². The van der Waals surface area contributed by atoms with Gasteiger partial charge in [-0.05, 0) is 12.1 Å². The smallest absolute Gasteiger partial charge is 0.275 e. The number of fused-ring (bicyclic) bond motifs is 1. The molecule has 0 saturated carbocycles. The van der Waals surface area contributed by atoms with Crippen LogP contribution >= 0.6 is 0 Å². The van der Waals surface area contributed by atoms with E-state index >= 15 is 0 Å². The molecule has 0 aliphatic rings. The number of para-hydroxylation sites is 1. The summed E-state index contributed by atoms with van der Waals surface area (Å²) in [6.07, 6.45) is 2.51. The first-order valence-corrected chi connectivity index (χ1v) is 8.23. The van der Waals surface area contributed by atoms with Crippen LogP contribution in [0.4, 0.5) is 0 Å². The molecule has 0 fully saturated rings. The zero-order valence-electron chi connectivity index (χ0n) is 15.5. The molecule has 1 aromatic heterocycles. The van der Waals surface area contributed by atoms with Crippen molar-refractivity contribution in [2.24, 2.45) is 5.10 Å². The highest BCUT2D eigenvalue weighted by molar-refractivity contribution is 5.98. The van der Waals surface area contributed by atoms with E-state index in [1.807, 2.05) is 0 Å². The molecule has 1 heterocycles. The fraction of sp³-hybridized carbons (Fsp3) is 0.150. The molecule has 8 nitrogen and oxygen atoms in total. The molecule has 1 amide bonds. The zero-order valence-corrected chi connectivity index (χ0v) is 15.5. The second-order valence-corrected chi connectivity index (χ2v) is 5.62. The van der Waals surface area contributed by atoms with Crippen molar-refractivity contribution < 1.29 is 23.4 Å². The normalized spacial score (nSPS) is 10.8. The molecule has 0 saturated heterocycles. The molecule has 0 unspecified atom stereocenters. The summed E-state index contributed by atoms with van der Waals surface area (Å²) in [6, 6.07) is 9.89. The predicted octanol–water partition coefficient (Wildman–Crippen LogP) is 2.58. The lowest BCUT2D eigenvalue weighted by Crippen LogP contribution is -2.19. The molecule has 8 heteroatoms. The van der Waals surface area contributed by atoms with Gasteiger partial charge in [-0.15, -0.1) is 0 Å². The van der Waals surface area contributed by atoms with Gasteiger partial charge in [0.05, 0.1) is 44.1 Å². The Kier molecular flexibility index (Phi) is 5.59. The second kappa shape index (κ2) is 8.26. The van der Waals surface area contributed by atoms with Crippen LogP contribution in [0.2, 0.25) is 0 Å². The maximum atomic E-state index is 12.5. The molecule has 0 aliphatic carbocycles. The van der Waals surface area contributed by atoms with Crippen LogP contribution in [-0.4, -0.2) is 33.5 Å². The maximum Gasteiger partial charge on any atom is 0.275 e. The summed E-state index contributed by atoms with van der Waals surface area (Å²) in [7, 11) is 4.38. The third-order valence-electron chi connectivity index (χ3n) is 4.03. The van der Waals surface area contributed by atoms with Crippen LogP contribution in [0.5, 0.6) is 17.2 Å².